The van der Waals surface area contributed by atoms with Crippen molar-refractivity contribution >= 4 is 41.6 Å². The van der Waals surface area contributed by atoms with Gasteiger partial charge in [0.05, 0.1) is 17.2 Å². The van der Waals surface area contributed by atoms with E-state index < -0.39 is 0 Å². The second-order valence-corrected chi connectivity index (χ2v) is 7.54. The van der Waals surface area contributed by atoms with Gasteiger partial charge >= 0.3 is 0 Å². The Morgan fingerprint density at radius 2 is 1.90 bits per heavy atom. The molecule has 2 N–H and O–H groups in total. The first kappa shape index (κ1) is 23.8. The fraction of sp³-hybridized carbons (Fsp3) is 0.524. The molecule has 1 saturated heterocycles. The minimum atomic E-state index is -0.343. The summed E-state index contributed by atoms with van der Waals surface area (Å²) in [6, 6.07) is 6.38. The van der Waals surface area contributed by atoms with Crippen LogP contribution in [0.1, 0.15) is 54.1 Å². The molecule has 0 spiro atoms. The molecule has 2 aromatic rings. The summed E-state index contributed by atoms with van der Waals surface area (Å²) >= 11 is 0. The van der Waals surface area contributed by atoms with Crippen molar-refractivity contribution in [1.82, 2.24) is 9.88 Å². The summed E-state index contributed by atoms with van der Waals surface area (Å²) in [4.78, 5) is 19.7. The number of hydrogen-bond donors (Lipinski definition) is 1. The van der Waals surface area contributed by atoms with Gasteiger partial charge in [-0.25, -0.2) is 4.39 Å². The minimum Gasteiger partial charge on any atom is -0.378 e. The van der Waals surface area contributed by atoms with E-state index in [9.17, 15) is 9.18 Å². The summed E-state index contributed by atoms with van der Waals surface area (Å²) < 4.78 is 19.6. The number of hydrogen-bond acceptors (Lipinski definition) is 4. The summed E-state index contributed by atoms with van der Waals surface area (Å²) in [5.74, 6) is 0.0625. The Morgan fingerprint density at radius 3 is 2.55 bits per heavy atom. The first-order valence-electron chi connectivity index (χ1n) is 9.87. The number of likely N-dealkylation sites (tertiary alicyclic amines) is 1. The van der Waals surface area contributed by atoms with Crippen LogP contribution in [0, 0.1) is 5.82 Å². The molecule has 1 aliphatic heterocycles. The number of aromatic nitrogens is 1. The van der Waals surface area contributed by atoms with Gasteiger partial charge in [0.25, 0.3) is 5.91 Å². The van der Waals surface area contributed by atoms with Crippen LogP contribution in [-0.2, 0) is 4.74 Å². The highest BCUT2D eigenvalue weighted by molar-refractivity contribution is 6.06. The number of rotatable bonds is 6. The average molecular weight is 444 g/mol. The van der Waals surface area contributed by atoms with Gasteiger partial charge in [0.1, 0.15) is 5.82 Å². The van der Waals surface area contributed by atoms with E-state index in [0.717, 1.165) is 37.8 Å². The van der Waals surface area contributed by atoms with E-state index in [0.29, 0.717) is 48.6 Å². The normalized spacial score (nSPS) is 17.0. The number of amides is 1. The summed E-state index contributed by atoms with van der Waals surface area (Å²) in [5, 5.41) is 0.603. The van der Waals surface area contributed by atoms with Crippen LogP contribution < -0.4 is 5.73 Å². The van der Waals surface area contributed by atoms with Gasteiger partial charge in [-0.05, 0) is 62.9 Å². The maximum absolute atomic E-state index is 13.8. The zero-order valence-corrected chi connectivity index (χ0v) is 17.9. The van der Waals surface area contributed by atoms with E-state index in [4.69, 9.17) is 10.5 Å². The Bertz CT molecular complexity index is 840. The molecule has 1 aliphatic carbocycles. The molecule has 0 atom stereocenters. The standard InChI is InChI=1S/C21H26FN3O2.2ClH/c22-15-4-5-19-17(12-15)18(13-20(24-19)14-2-3-14)21(26)25-9-6-16(7-10-25)27-11-1-8-23;;/h4-5,12-14,16H,1-3,6-11,23H2;2*1H. The molecule has 2 heterocycles. The molecule has 8 heteroatoms. The lowest BCUT2D eigenvalue weighted by atomic mass is 10.0. The number of pyridine rings is 1. The molecule has 0 bridgehead atoms. The van der Waals surface area contributed by atoms with Gasteiger partial charge in [-0.3, -0.25) is 9.78 Å². The van der Waals surface area contributed by atoms with E-state index in [1.165, 1.54) is 12.1 Å². The van der Waals surface area contributed by atoms with Crippen LogP contribution in [0.3, 0.4) is 0 Å². The molecule has 4 rings (SSSR count). The van der Waals surface area contributed by atoms with Crippen molar-refractivity contribution < 1.29 is 13.9 Å². The van der Waals surface area contributed by atoms with Crippen LogP contribution in [-0.4, -0.2) is 48.1 Å². The molecule has 1 saturated carbocycles. The van der Waals surface area contributed by atoms with Crippen molar-refractivity contribution in [2.75, 3.05) is 26.2 Å². The monoisotopic (exact) mass is 443 g/mol. The Hall–Kier alpha value is -1.47. The predicted octanol–water partition coefficient (Wildman–Crippen LogP) is 4.06. The lowest BCUT2D eigenvalue weighted by Crippen LogP contribution is -2.41. The van der Waals surface area contributed by atoms with Crippen molar-refractivity contribution in [1.29, 1.82) is 0 Å². The van der Waals surface area contributed by atoms with Crippen molar-refractivity contribution in [2.45, 2.75) is 44.1 Å². The van der Waals surface area contributed by atoms with Crippen LogP contribution in [0.2, 0.25) is 0 Å². The maximum Gasteiger partial charge on any atom is 0.254 e. The number of nitrogens with zero attached hydrogens (tertiary/aromatic N) is 2. The summed E-state index contributed by atoms with van der Waals surface area (Å²) in [7, 11) is 0. The third kappa shape index (κ3) is 5.57. The molecule has 0 radical (unpaired) electrons. The van der Waals surface area contributed by atoms with Gasteiger partial charge in [-0.1, -0.05) is 0 Å². The second-order valence-electron chi connectivity index (χ2n) is 7.54. The molecular weight excluding hydrogens is 416 g/mol. The third-order valence-corrected chi connectivity index (χ3v) is 5.45. The molecular formula is C21H28Cl2FN3O2. The predicted molar refractivity (Wildman–Crippen MR) is 117 cm³/mol. The molecule has 1 aromatic heterocycles. The first-order chi connectivity index (χ1) is 13.2. The van der Waals surface area contributed by atoms with E-state index in [1.807, 2.05) is 11.0 Å². The van der Waals surface area contributed by atoms with Gasteiger partial charge in [-0.15, -0.1) is 24.8 Å². The maximum atomic E-state index is 13.8. The molecule has 160 valence electrons. The van der Waals surface area contributed by atoms with Gasteiger partial charge in [-0.2, -0.15) is 0 Å². The van der Waals surface area contributed by atoms with Crippen LogP contribution in [0.5, 0.6) is 0 Å². The number of piperidine rings is 1. The van der Waals surface area contributed by atoms with Crippen molar-refractivity contribution in [3.05, 3.63) is 41.3 Å². The molecule has 1 amide bonds. The summed E-state index contributed by atoms with van der Waals surface area (Å²) in [5.41, 5.74) is 7.73. The number of carbonyl (C=O) groups is 1. The summed E-state index contributed by atoms with van der Waals surface area (Å²) in [6.45, 7) is 2.62. The van der Waals surface area contributed by atoms with Gasteiger partial charge in [0, 0.05) is 36.7 Å². The number of nitrogens with two attached hydrogens (primary N) is 1. The number of carbonyl (C=O) groups excluding carboxylic acids is 1. The Labute approximate surface area is 183 Å². The van der Waals surface area contributed by atoms with Crippen LogP contribution in [0.4, 0.5) is 4.39 Å². The van der Waals surface area contributed by atoms with Crippen molar-refractivity contribution in [2.24, 2.45) is 5.73 Å². The number of ether oxygens (including phenoxy) is 1. The Kier molecular flexibility index (Phi) is 8.64. The SMILES string of the molecule is Cl.Cl.NCCCOC1CCN(C(=O)c2cc(C3CC3)nc3ccc(F)cc23)CC1. The highest BCUT2D eigenvalue weighted by atomic mass is 35.5. The fourth-order valence-corrected chi connectivity index (χ4v) is 3.71. The highest BCUT2D eigenvalue weighted by Crippen LogP contribution is 2.40. The number of halogens is 3. The van der Waals surface area contributed by atoms with Crippen molar-refractivity contribution in [3.8, 4) is 0 Å². The quantitative estimate of drug-likeness (QED) is 0.683. The zero-order chi connectivity index (χ0) is 18.8. The average Bonchev–Trinajstić information content (AvgIpc) is 3.53. The van der Waals surface area contributed by atoms with Gasteiger partial charge < -0.3 is 15.4 Å². The van der Waals surface area contributed by atoms with E-state index in [2.05, 4.69) is 4.98 Å². The van der Waals surface area contributed by atoms with Gasteiger partial charge in [0.2, 0.25) is 0 Å². The largest absolute Gasteiger partial charge is 0.378 e. The molecule has 29 heavy (non-hydrogen) atoms. The molecule has 1 aromatic carbocycles. The zero-order valence-electron chi connectivity index (χ0n) is 16.3. The van der Waals surface area contributed by atoms with Crippen molar-refractivity contribution in [3.63, 3.8) is 0 Å². The highest BCUT2D eigenvalue weighted by Gasteiger charge is 2.29. The Morgan fingerprint density at radius 1 is 1.17 bits per heavy atom. The topological polar surface area (TPSA) is 68.5 Å². The number of benzene rings is 1. The number of fused-ring (bicyclic) bond motifs is 1. The molecule has 5 nitrogen and oxygen atoms in total. The van der Waals surface area contributed by atoms with Crippen LogP contribution >= 0.6 is 24.8 Å². The van der Waals surface area contributed by atoms with E-state index in [1.54, 1.807) is 6.07 Å². The van der Waals surface area contributed by atoms with E-state index in [-0.39, 0.29) is 42.6 Å². The molecule has 2 fully saturated rings. The first-order valence-corrected chi connectivity index (χ1v) is 9.87. The third-order valence-electron chi connectivity index (χ3n) is 5.45. The fourth-order valence-electron chi connectivity index (χ4n) is 3.71. The van der Waals surface area contributed by atoms with Crippen LogP contribution in [0.15, 0.2) is 24.3 Å². The summed E-state index contributed by atoms with van der Waals surface area (Å²) in [6.07, 6.45) is 4.91. The minimum absolute atomic E-state index is 0. The second kappa shape index (κ2) is 10.5. The molecule has 2 aliphatic rings. The Balaban J connectivity index is 0.00000150. The van der Waals surface area contributed by atoms with Crippen LogP contribution in [0.25, 0.3) is 10.9 Å². The lowest BCUT2D eigenvalue weighted by molar-refractivity contribution is 0.00849. The lowest BCUT2D eigenvalue weighted by Gasteiger charge is -2.32. The van der Waals surface area contributed by atoms with E-state index >= 15 is 0 Å². The molecule has 0 unspecified atom stereocenters. The smallest absolute Gasteiger partial charge is 0.254 e. The van der Waals surface area contributed by atoms with Gasteiger partial charge in [0.15, 0.2) is 0 Å².